The molecule has 0 amide bonds. The van der Waals surface area contributed by atoms with Gasteiger partial charge in [0.15, 0.2) is 0 Å². The number of ether oxygens (including phenoxy) is 1. The third-order valence-corrected chi connectivity index (χ3v) is 2.12. The summed E-state index contributed by atoms with van der Waals surface area (Å²) >= 11 is 0. The summed E-state index contributed by atoms with van der Waals surface area (Å²) in [6, 6.07) is 0. The van der Waals surface area contributed by atoms with Crippen LogP contribution in [0.25, 0.3) is 0 Å². The van der Waals surface area contributed by atoms with Crippen molar-refractivity contribution in [3.63, 3.8) is 0 Å². The highest BCUT2D eigenvalue weighted by Gasteiger charge is 2.33. The van der Waals surface area contributed by atoms with Crippen molar-refractivity contribution in [3.05, 3.63) is 0 Å². The van der Waals surface area contributed by atoms with Gasteiger partial charge in [0.1, 0.15) is 5.67 Å². The Morgan fingerprint density at radius 1 is 1.64 bits per heavy atom. The van der Waals surface area contributed by atoms with Crippen LogP contribution in [-0.4, -0.2) is 44.4 Å². The monoisotopic (exact) mass is 161 g/mol. The van der Waals surface area contributed by atoms with Crippen molar-refractivity contribution in [2.45, 2.75) is 18.5 Å². The van der Waals surface area contributed by atoms with Crippen LogP contribution in [0.1, 0.15) is 12.8 Å². The zero-order chi connectivity index (χ0) is 8.32. The predicted molar refractivity (Wildman–Crippen MR) is 42.4 cm³/mol. The first-order chi connectivity index (χ1) is 5.16. The molecule has 2 nitrogen and oxygen atoms in total. The number of hydrogen-bond acceptors (Lipinski definition) is 2. The molecule has 0 radical (unpaired) electrons. The minimum Gasteiger partial charge on any atom is -0.381 e. The maximum Gasteiger partial charge on any atom is 0.146 e. The second-order valence-electron chi connectivity index (χ2n) is 3.43. The summed E-state index contributed by atoms with van der Waals surface area (Å²) in [5.41, 5.74) is -1.10. The van der Waals surface area contributed by atoms with Gasteiger partial charge in [0, 0.05) is 13.7 Å². The van der Waals surface area contributed by atoms with Gasteiger partial charge >= 0.3 is 0 Å². The van der Waals surface area contributed by atoms with E-state index in [2.05, 4.69) is 0 Å². The Bertz CT molecular complexity index is 127. The van der Waals surface area contributed by atoms with E-state index in [1.165, 1.54) is 0 Å². The molecule has 0 aromatic rings. The normalized spacial score (nSPS) is 34.1. The van der Waals surface area contributed by atoms with Gasteiger partial charge in [-0.3, -0.25) is 0 Å². The quantitative estimate of drug-likeness (QED) is 0.600. The Balaban J connectivity index is 2.41. The molecule has 1 rings (SSSR count). The molecule has 0 aromatic carbocycles. The molecule has 1 aliphatic heterocycles. The minimum absolute atomic E-state index is 0.233. The van der Waals surface area contributed by atoms with E-state index in [1.807, 2.05) is 11.9 Å². The van der Waals surface area contributed by atoms with Crippen LogP contribution in [0.2, 0.25) is 0 Å². The summed E-state index contributed by atoms with van der Waals surface area (Å²) in [4.78, 5) is 2.02. The van der Waals surface area contributed by atoms with Crippen LogP contribution in [0, 0.1) is 0 Å². The first kappa shape index (κ1) is 8.94. The highest BCUT2D eigenvalue weighted by molar-refractivity contribution is 4.86. The van der Waals surface area contributed by atoms with Crippen LogP contribution in [0.5, 0.6) is 0 Å². The SMILES string of the molecule is COCC1(F)CCCN(C)C1. The number of likely N-dealkylation sites (tertiary alicyclic amines) is 1. The van der Waals surface area contributed by atoms with Crippen LogP contribution in [0.3, 0.4) is 0 Å². The van der Waals surface area contributed by atoms with Crippen molar-refractivity contribution in [1.82, 2.24) is 4.90 Å². The van der Waals surface area contributed by atoms with Gasteiger partial charge in [-0.1, -0.05) is 0 Å². The van der Waals surface area contributed by atoms with E-state index in [1.54, 1.807) is 7.11 Å². The maximum absolute atomic E-state index is 13.7. The predicted octanol–water partition coefficient (Wildman–Crippen LogP) is 1.07. The topological polar surface area (TPSA) is 12.5 Å². The number of hydrogen-bond donors (Lipinski definition) is 0. The second-order valence-corrected chi connectivity index (χ2v) is 3.43. The summed E-state index contributed by atoms with van der Waals surface area (Å²) in [5, 5.41) is 0. The Hall–Kier alpha value is -0.150. The Morgan fingerprint density at radius 3 is 2.91 bits per heavy atom. The summed E-state index contributed by atoms with van der Waals surface area (Å²) in [6.07, 6.45) is 1.58. The number of alkyl halides is 1. The lowest BCUT2D eigenvalue weighted by molar-refractivity contribution is -0.00988. The Morgan fingerprint density at radius 2 is 2.36 bits per heavy atom. The van der Waals surface area contributed by atoms with Gasteiger partial charge in [0.25, 0.3) is 0 Å². The molecule has 0 saturated carbocycles. The molecular formula is C8H16FNO. The van der Waals surface area contributed by atoms with Crippen LogP contribution in [0.4, 0.5) is 4.39 Å². The lowest BCUT2D eigenvalue weighted by Gasteiger charge is -2.34. The number of rotatable bonds is 2. The van der Waals surface area contributed by atoms with Gasteiger partial charge in [0.05, 0.1) is 6.61 Å². The largest absolute Gasteiger partial charge is 0.381 e. The first-order valence-corrected chi connectivity index (χ1v) is 4.03. The number of piperidine rings is 1. The van der Waals surface area contributed by atoms with E-state index < -0.39 is 5.67 Å². The van der Waals surface area contributed by atoms with Crippen LogP contribution < -0.4 is 0 Å². The van der Waals surface area contributed by atoms with E-state index >= 15 is 0 Å². The second kappa shape index (κ2) is 3.50. The Kier molecular flexibility index (Phi) is 2.84. The van der Waals surface area contributed by atoms with Gasteiger partial charge in [0.2, 0.25) is 0 Å². The summed E-state index contributed by atoms with van der Waals surface area (Å²) in [7, 11) is 3.50. The lowest BCUT2D eigenvalue weighted by atomic mass is 9.96. The van der Waals surface area contributed by atoms with E-state index in [4.69, 9.17) is 4.74 Å². The van der Waals surface area contributed by atoms with E-state index in [-0.39, 0.29) is 6.61 Å². The average Bonchev–Trinajstić information content (AvgIpc) is 1.86. The summed E-state index contributed by atoms with van der Waals surface area (Å²) < 4.78 is 18.5. The molecule has 1 atom stereocenters. The standard InChI is InChI=1S/C8H16FNO/c1-10-5-3-4-8(9,6-10)7-11-2/h3-7H2,1-2H3. The van der Waals surface area contributed by atoms with Crippen molar-refractivity contribution in [2.24, 2.45) is 0 Å². The highest BCUT2D eigenvalue weighted by atomic mass is 19.1. The van der Waals surface area contributed by atoms with Crippen LogP contribution >= 0.6 is 0 Å². The van der Waals surface area contributed by atoms with E-state index in [9.17, 15) is 4.39 Å². The third kappa shape index (κ3) is 2.42. The number of nitrogens with zero attached hydrogens (tertiary/aromatic N) is 1. The molecule has 1 aliphatic rings. The van der Waals surface area contributed by atoms with Gasteiger partial charge in [-0.25, -0.2) is 4.39 Å². The van der Waals surface area contributed by atoms with Crippen molar-refractivity contribution < 1.29 is 9.13 Å². The number of methoxy groups -OCH3 is 1. The molecule has 1 saturated heterocycles. The van der Waals surface area contributed by atoms with Gasteiger partial charge in [-0.05, 0) is 26.4 Å². The molecule has 0 aromatic heterocycles. The molecule has 0 aliphatic carbocycles. The molecule has 1 heterocycles. The summed E-state index contributed by atoms with van der Waals surface area (Å²) in [5.74, 6) is 0. The fourth-order valence-corrected chi connectivity index (χ4v) is 1.68. The molecule has 1 unspecified atom stereocenters. The molecule has 11 heavy (non-hydrogen) atoms. The number of halogens is 1. The molecule has 0 bridgehead atoms. The minimum atomic E-state index is -1.10. The summed E-state index contributed by atoms with van der Waals surface area (Å²) in [6.45, 7) is 1.76. The van der Waals surface area contributed by atoms with Crippen molar-refractivity contribution in [2.75, 3.05) is 33.9 Å². The zero-order valence-corrected chi connectivity index (χ0v) is 7.27. The van der Waals surface area contributed by atoms with Gasteiger partial charge in [-0.2, -0.15) is 0 Å². The van der Waals surface area contributed by atoms with Crippen molar-refractivity contribution >= 4 is 0 Å². The highest BCUT2D eigenvalue weighted by Crippen LogP contribution is 2.24. The third-order valence-electron chi connectivity index (χ3n) is 2.12. The molecule has 3 heteroatoms. The average molecular weight is 161 g/mol. The maximum atomic E-state index is 13.7. The molecule has 0 N–H and O–H groups in total. The Labute approximate surface area is 67.3 Å². The van der Waals surface area contributed by atoms with Crippen LogP contribution in [-0.2, 0) is 4.74 Å². The van der Waals surface area contributed by atoms with Gasteiger partial charge in [-0.15, -0.1) is 0 Å². The van der Waals surface area contributed by atoms with Crippen molar-refractivity contribution in [1.29, 1.82) is 0 Å². The van der Waals surface area contributed by atoms with E-state index in [0.29, 0.717) is 13.0 Å². The fourth-order valence-electron chi connectivity index (χ4n) is 1.68. The lowest BCUT2D eigenvalue weighted by Crippen LogP contribution is -2.46. The fraction of sp³-hybridized carbons (Fsp3) is 1.00. The van der Waals surface area contributed by atoms with Gasteiger partial charge < -0.3 is 9.64 Å². The first-order valence-electron chi connectivity index (χ1n) is 4.03. The molecule has 0 spiro atoms. The molecule has 66 valence electrons. The molecular weight excluding hydrogens is 145 g/mol. The van der Waals surface area contributed by atoms with Crippen LogP contribution in [0.15, 0.2) is 0 Å². The van der Waals surface area contributed by atoms with Crippen molar-refractivity contribution in [3.8, 4) is 0 Å². The molecule has 1 fully saturated rings. The van der Waals surface area contributed by atoms with E-state index in [0.717, 1.165) is 13.0 Å². The smallest absolute Gasteiger partial charge is 0.146 e. The zero-order valence-electron chi connectivity index (χ0n) is 7.27.